The predicted molar refractivity (Wildman–Crippen MR) is 136 cm³/mol. The molecule has 0 saturated carbocycles. The number of hydrogen-bond acceptors (Lipinski definition) is 7. The molecule has 0 unspecified atom stereocenters. The molecule has 0 spiro atoms. The van der Waals surface area contributed by atoms with Gasteiger partial charge in [-0.3, -0.25) is 14.7 Å². The smallest absolute Gasteiger partial charge is 0.260 e. The molecule has 1 aromatic carbocycles. The minimum atomic E-state index is -1.83. The molecule has 2 aliphatic heterocycles. The van der Waals surface area contributed by atoms with Gasteiger partial charge >= 0.3 is 0 Å². The molecule has 192 valence electrons. The molecule has 37 heavy (non-hydrogen) atoms. The number of pyridine rings is 1. The van der Waals surface area contributed by atoms with E-state index in [9.17, 15) is 9.18 Å². The number of fused-ring (bicyclic) bond motifs is 1. The number of hydrogen-bond donors (Lipinski definition) is 0. The Bertz CT molecular complexity index is 1380. The Morgan fingerprint density at radius 1 is 1.11 bits per heavy atom. The molecule has 2 saturated heterocycles. The van der Waals surface area contributed by atoms with Gasteiger partial charge in [0.1, 0.15) is 11.5 Å². The highest BCUT2D eigenvalue weighted by molar-refractivity contribution is 7.03. The van der Waals surface area contributed by atoms with Gasteiger partial charge in [0.2, 0.25) is 0 Å². The van der Waals surface area contributed by atoms with Crippen LogP contribution in [-0.2, 0) is 11.3 Å². The van der Waals surface area contributed by atoms with Gasteiger partial charge in [0.05, 0.1) is 16.7 Å². The number of aromatic nitrogens is 5. The molecule has 2 aliphatic rings. The summed E-state index contributed by atoms with van der Waals surface area (Å²) in [6.07, 6.45) is 3.40. The molecule has 1 amide bonds. The fourth-order valence-corrected chi connectivity index (χ4v) is 5.93. The summed E-state index contributed by atoms with van der Waals surface area (Å²) in [4.78, 5) is 26.2. The van der Waals surface area contributed by atoms with E-state index in [1.165, 1.54) is 23.7 Å². The number of imidazole rings is 1. The molecule has 3 aromatic heterocycles. The molecule has 0 N–H and O–H groups in total. The van der Waals surface area contributed by atoms with Crippen molar-refractivity contribution in [1.29, 1.82) is 0 Å². The Kier molecular flexibility index (Phi) is 6.41. The third kappa shape index (κ3) is 4.73. The minimum absolute atomic E-state index is 0.0423. The van der Waals surface area contributed by atoms with Crippen LogP contribution in [0.4, 0.5) is 8.78 Å². The second kappa shape index (κ2) is 9.86. The number of carbonyl (C=O) groups excluding carboxylic acids is 1. The lowest BCUT2D eigenvalue weighted by Gasteiger charge is -2.40. The highest BCUT2D eigenvalue weighted by Gasteiger charge is 2.45. The average Bonchev–Trinajstić information content (AvgIpc) is 3.58. The topological polar surface area (TPSA) is 80.0 Å². The Hall–Kier alpha value is -3.31. The molecule has 11 heteroatoms. The molecule has 0 atom stereocenters. The van der Waals surface area contributed by atoms with Crippen LogP contribution in [0.1, 0.15) is 37.4 Å². The van der Waals surface area contributed by atoms with Gasteiger partial charge in [-0.2, -0.15) is 0 Å². The summed E-state index contributed by atoms with van der Waals surface area (Å²) in [5, 5.41) is 5.96. The number of rotatable bonds is 5. The van der Waals surface area contributed by atoms with Gasteiger partial charge in [-0.15, -0.1) is 5.10 Å². The first-order valence-electron chi connectivity index (χ1n) is 12.6. The van der Waals surface area contributed by atoms with Crippen LogP contribution in [0.2, 0.25) is 0 Å². The van der Waals surface area contributed by atoms with E-state index in [1.54, 1.807) is 17.2 Å². The van der Waals surface area contributed by atoms with Crippen LogP contribution in [0, 0.1) is 5.82 Å². The number of amides is 1. The fraction of sp³-hybridized carbons (Fsp3) is 0.423. The molecule has 0 bridgehead atoms. The van der Waals surface area contributed by atoms with Gasteiger partial charge in [-0.1, -0.05) is 10.6 Å². The van der Waals surface area contributed by atoms with Crippen LogP contribution >= 0.6 is 11.5 Å². The largest absolute Gasteiger partial charge is 0.340 e. The third-order valence-electron chi connectivity index (χ3n) is 7.49. The van der Waals surface area contributed by atoms with E-state index in [2.05, 4.69) is 24.0 Å². The molecule has 2 fully saturated rings. The first kappa shape index (κ1) is 24.1. The lowest BCUT2D eigenvalue weighted by atomic mass is 9.90. The third-order valence-corrected chi connectivity index (χ3v) is 8.04. The second-order valence-corrected chi connectivity index (χ2v) is 10.4. The summed E-state index contributed by atoms with van der Waals surface area (Å²) >= 11 is 1.30. The number of likely N-dealkylation sites (tertiary alicyclic amines) is 2. The van der Waals surface area contributed by atoms with Crippen molar-refractivity contribution in [3.8, 4) is 11.5 Å². The Morgan fingerprint density at radius 3 is 2.62 bits per heavy atom. The first-order chi connectivity index (χ1) is 18.0. The number of piperidine rings is 2. The van der Waals surface area contributed by atoms with Gasteiger partial charge in [-0.05, 0) is 48.6 Å². The fourth-order valence-electron chi connectivity index (χ4n) is 5.49. The van der Waals surface area contributed by atoms with Crippen molar-refractivity contribution in [2.45, 2.75) is 43.9 Å². The van der Waals surface area contributed by atoms with Crippen LogP contribution < -0.4 is 0 Å². The van der Waals surface area contributed by atoms with Crippen molar-refractivity contribution in [1.82, 2.24) is 33.9 Å². The summed E-state index contributed by atoms with van der Waals surface area (Å²) < 4.78 is 35.7. The standard InChI is InChI=1S/C26H27F2N7OS/c27-18-4-5-23-22(15-18)30-24(21-3-1-2-10-29-21)35(23)20-6-11-34(12-7-20)25(36)26(28)8-13-33(14-9-26)16-19-17-37-32-31-19/h1-5,10,15,17,20H,6-9,11-14,16H2. The zero-order chi connectivity index (χ0) is 25.4. The van der Waals surface area contributed by atoms with Crippen molar-refractivity contribution >= 4 is 28.5 Å². The lowest BCUT2D eigenvalue weighted by molar-refractivity contribution is -0.148. The normalized spacial score (nSPS) is 18.9. The van der Waals surface area contributed by atoms with Gasteiger partial charge in [0.25, 0.3) is 5.91 Å². The Morgan fingerprint density at radius 2 is 1.92 bits per heavy atom. The highest BCUT2D eigenvalue weighted by Crippen LogP contribution is 2.35. The number of halogens is 2. The van der Waals surface area contributed by atoms with Crippen molar-refractivity contribution < 1.29 is 13.6 Å². The van der Waals surface area contributed by atoms with Crippen LogP contribution in [0.3, 0.4) is 0 Å². The van der Waals surface area contributed by atoms with Crippen LogP contribution in [-0.4, -0.2) is 71.7 Å². The van der Waals surface area contributed by atoms with Crippen molar-refractivity contribution in [3.63, 3.8) is 0 Å². The minimum Gasteiger partial charge on any atom is -0.340 e. The maximum absolute atomic E-state index is 15.8. The lowest BCUT2D eigenvalue weighted by Crippen LogP contribution is -2.53. The molecule has 0 radical (unpaired) electrons. The Balaban J connectivity index is 1.15. The molecule has 0 aliphatic carbocycles. The van der Waals surface area contributed by atoms with Gasteiger partial charge < -0.3 is 9.47 Å². The molecular weight excluding hydrogens is 496 g/mol. The van der Waals surface area contributed by atoms with E-state index in [0.29, 0.717) is 62.6 Å². The quantitative estimate of drug-likeness (QED) is 0.389. The van der Waals surface area contributed by atoms with Crippen LogP contribution in [0.5, 0.6) is 0 Å². The summed E-state index contributed by atoms with van der Waals surface area (Å²) in [6.45, 7) is 2.59. The number of nitrogens with zero attached hydrogens (tertiary/aromatic N) is 7. The number of carbonyl (C=O) groups is 1. The molecule has 4 aromatic rings. The SMILES string of the molecule is O=C(N1CCC(n2c(-c3ccccn3)nc3cc(F)ccc32)CC1)C1(F)CCN(Cc2csnn2)CC1. The van der Waals surface area contributed by atoms with Crippen molar-refractivity contribution in [2.75, 3.05) is 26.2 Å². The number of alkyl halides is 1. The average molecular weight is 524 g/mol. The summed E-state index contributed by atoms with van der Waals surface area (Å²) in [5.74, 6) is -0.0632. The van der Waals surface area contributed by atoms with E-state index in [-0.39, 0.29) is 24.7 Å². The van der Waals surface area contributed by atoms with Crippen LogP contribution in [0.15, 0.2) is 48.0 Å². The molecular formula is C26H27F2N7OS. The van der Waals surface area contributed by atoms with E-state index in [1.807, 2.05) is 23.6 Å². The van der Waals surface area contributed by atoms with Gasteiger partial charge in [0.15, 0.2) is 11.5 Å². The second-order valence-electron chi connectivity index (χ2n) is 9.81. The van der Waals surface area contributed by atoms with E-state index >= 15 is 4.39 Å². The first-order valence-corrected chi connectivity index (χ1v) is 13.4. The van der Waals surface area contributed by atoms with Gasteiger partial charge in [0, 0.05) is 69.3 Å². The zero-order valence-electron chi connectivity index (χ0n) is 20.3. The molecule has 5 heterocycles. The Labute approximate surface area is 217 Å². The summed E-state index contributed by atoms with van der Waals surface area (Å²) in [6, 6.07) is 10.3. The summed E-state index contributed by atoms with van der Waals surface area (Å²) in [7, 11) is 0. The van der Waals surface area contributed by atoms with Crippen molar-refractivity contribution in [2.24, 2.45) is 0 Å². The van der Waals surface area contributed by atoms with Crippen molar-refractivity contribution in [3.05, 3.63) is 59.5 Å². The predicted octanol–water partition coefficient (Wildman–Crippen LogP) is 4.26. The highest BCUT2D eigenvalue weighted by atomic mass is 32.1. The van der Waals surface area contributed by atoms with Crippen LogP contribution in [0.25, 0.3) is 22.6 Å². The maximum Gasteiger partial charge on any atom is 0.260 e. The maximum atomic E-state index is 15.8. The van der Waals surface area contributed by atoms with Gasteiger partial charge in [-0.25, -0.2) is 13.8 Å². The summed E-state index contributed by atoms with van der Waals surface area (Å²) in [5.41, 5.74) is 1.16. The molecule has 8 nitrogen and oxygen atoms in total. The van der Waals surface area contributed by atoms with E-state index < -0.39 is 11.6 Å². The zero-order valence-corrected chi connectivity index (χ0v) is 21.1. The molecule has 6 rings (SSSR count). The monoisotopic (exact) mass is 523 g/mol. The van der Waals surface area contributed by atoms with E-state index in [0.717, 1.165) is 11.2 Å². The number of benzene rings is 1. The van der Waals surface area contributed by atoms with E-state index in [4.69, 9.17) is 4.98 Å².